The number of ether oxygens (including phenoxy) is 2. The zero-order chi connectivity index (χ0) is 29.8. The largest absolute Gasteiger partial charge is 0.496 e. The lowest BCUT2D eigenvalue weighted by Crippen LogP contribution is -2.34. The first kappa shape index (κ1) is 29.4. The zero-order valence-electron chi connectivity index (χ0n) is 23.4. The van der Waals surface area contributed by atoms with Gasteiger partial charge in [0.1, 0.15) is 23.5 Å². The van der Waals surface area contributed by atoms with Crippen molar-refractivity contribution in [3.63, 3.8) is 0 Å². The molecule has 0 aliphatic carbocycles. The Hall–Kier alpha value is -4.60. The normalized spacial score (nSPS) is 11.5. The topological polar surface area (TPSA) is 136 Å². The average molecular weight is 578 g/mol. The maximum absolute atomic E-state index is 13.6. The molecule has 2 N–H and O–H groups in total. The summed E-state index contributed by atoms with van der Waals surface area (Å²) in [4.78, 5) is 22.4. The summed E-state index contributed by atoms with van der Waals surface area (Å²) in [6.45, 7) is 5.10. The number of methoxy groups -OCH3 is 1. The number of nitrogens with one attached hydrogen (secondary N) is 1. The van der Waals surface area contributed by atoms with Crippen molar-refractivity contribution in [2.45, 2.75) is 37.9 Å². The molecule has 0 saturated heterocycles. The van der Waals surface area contributed by atoms with Gasteiger partial charge in [-0.1, -0.05) is 30.0 Å². The molecule has 0 spiro atoms. The van der Waals surface area contributed by atoms with E-state index >= 15 is 0 Å². The number of hydrogen-bond acceptors (Lipinski definition) is 9. The number of aromatic nitrogens is 3. The van der Waals surface area contributed by atoms with Gasteiger partial charge in [0.2, 0.25) is 0 Å². The molecule has 1 amide bonds. The molecule has 214 valence electrons. The van der Waals surface area contributed by atoms with Crippen LogP contribution in [0.5, 0.6) is 5.75 Å². The highest BCUT2D eigenvalue weighted by atomic mass is 32.2. The lowest BCUT2D eigenvalue weighted by atomic mass is 10.1. The predicted octanol–water partition coefficient (Wildman–Crippen LogP) is 4.13. The fourth-order valence-electron chi connectivity index (χ4n) is 3.89. The Morgan fingerprint density at radius 3 is 2.54 bits per heavy atom. The van der Waals surface area contributed by atoms with Gasteiger partial charge in [-0.25, -0.2) is 27.2 Å². The van der Waals surface area contributed by atoms with Crippen molar-refractivity contribution in [3.05, 3.63) is 72.2 Å². The first-order valence-electron chi connectivity index (χ1n) is 12.6. The second kappa shape index (κ2) is 11.9. The Morgan fingerprint density at radius 2 is 1.88 bits per heavy atom. The van der Waals surface area contributed by atoms with Crippen LogP contribution in [-0.2, 0) is 21.4 Å². The highest BCUT2D eigenvalue weighted by Gasteiger charge is 2.24. The van der Waals surface area contributed by atoms with Crippen molar-refractivity contribution in [1.29, 1.82) is 0 Å². The van der Waals surface area contributed by atoms with Gasteiger partial charge >= 0.3 is 6.09 Å². The van der Waals surface area contributed by atoms with E-state index in [0.29, 0.717) is 33.8 Å². The van der Waals surface area contributed by atoms with Gasteiger partial charge in [-0.05, 0) is 51.1 Å². The average Bonchev–Trinajstić information content (AvgIpc) is 3.33. The van der Waals surface area contributed by atoms with Crippen LogP contribution in [0.4, 0.5) is 16.3 Å². The monoisotopic (exact) mass is 577 g/mol. The van der Waals surface area contributed by atoms with Gasteiger partial charge in [-0.15, -0.1) is 0 Å². The third-order valence-electron chi connectivity index (χ3n) is 5.81. The Kier molecular flexibility index (Phi) is 8.51. The number of benzene rings is 2. The summed E-state index contributed by atoms with van der Waals surface area (Å²) in [7, 11) is -0.962. The van der Waals surface area contributed by atoms with Gasteiger partial charge in [-0.2, -0.15) is 0 Å². The Balaban J connectivity index is 1.81. The lowest BCUT2D eigenvalue weighted by Gasteiger charge is -2.23. The summed E-state index contributed by atoms with van der Waals surface area (Å²) in [6.07, 6.45) is 2.11. The molecule has 0 atom stereocenters. The van der Waals surface area contributed by atoms with Gasteiger partial charge in [0.25, 0.3) is 10.0 Å². The molecule has 2 heterocycles. The van der Waals surface area contributed by atoms with Crippen molar-refractivity contribution in [2.75, 3.05) is 26.0 Å². The zero-order valence-corrected chi connectivity index (χ0v) is 24.2. The number of fused-ring (bicyclic) bond motifs is 1. The molecule has 0 saturated carbocycles. The van der Waals surface area contributed by atoms with Gasteiger partial charge in [0.15, 0.2) is 5.65 Å². The molecule has 0 bridgehead atoms. The van der Waals surface area contributed by atoms with Crippen molar-refractivity contribution in [3.8, 4) is 17.6 Å². The smallest absolute Gasteiger partial charge is 0.410 e. The van der Waals surface area contributed by atoms with E-state index in [2.05, 4.69) is 27.1 Å². The molecule has 41 heavy (non-hydrogen) atoms. The number of hydrogen-bond donors (Lipinski definition) is 2. The van der Waals surface area contributed by atoms with E-state index in [1.165, 1.54) is 36.7 Å². The van der Waals surface area contributed by atoms with Crippen molar-refractivity contribution >= 4 is 38.7 Å². The number of nitrogens with zero attached hydrogens (tertiary/aromatic N) is 4. The van der Waals surface area contributed by atoms with Crippen LogP contribution < -0.4 is 10.1 Å². The standard InChI is InChI=1S/C29H31N5O6S/c1-29(2,3)40-28(36)33(4)15-9-10-20-17-34(41(37,38)23-11-7-6-8-12-23)27-25(20)26(30-19-31-27)32-22-13-14-24(39-5)21(16-22)18-35/h6-8,11-14,16-17,19,35H,15,18H2,1-5H3,(H,30,31,32). The van der Waals surface area contributed by atoms with Gasteiger partial charge in [0, 0.05) is 24.5 Å². The molecule has 0 unspecified atom stereocenters. The molecule has 2 aromatic carbocycles. The van der Waals surface area contributed by atoms with Crippen LogP contribution in [0.25, 0.3) is 11.0 Å². The third kappa shape index (κ3) is 6.59. The summed E-state index contributed by atoms with van der Waals surface area (Å²) in [5.74, 6) is 6.73. The predicted molar refractivity (Wildman–Crippen MR) is 154 cm³/mol. The van der Waals surface area contributed by atoms with Crippen LogP contribution in [0, 0.1) is 11.8 Å². The van der Waals surface area contributed by atoms with Crippen LogP contribution in [-0.4, -0.2) is 64.8 Å². The number of aliphatic hydroxyl groups excluding tert-OH is 1. The Morgan fingerprint density at radius 1 is 1.15 bits per heavy atom. The van der Waals surface area contributed by atoms with Crippen LogP contribution in [0.3, 0.4) is 0 Å². The van der Waals surface area contributed by atoms with Crippen LogP contribution >= 0.6 is 0 Å². The molecule has 0 fully saturated rings. The summed E-state index contributed by atoms with van der Waals surface area (Å²) in [6, 6.07) is 13.1. The number of rotatable bonds is 7. The summed E-state index contributed by atoms with van der Waals surface area (Å²) < 4.78 is 38.9. The molecular formula is C29H31N5O6S. The van der Waals surface area contributed by atoms with Gasteiger partial charge in [0.05, 0.1) is 36.1 Å². The highest BCUT2D eigenvalue weighted by molar-refractivity contribution is 7.90. The maximum Gasteiger partial charge on any atom is 0.410 e. The van der Waals surface area contributed by atoms with E-state index in [-0.39, 0.29) is 23.7 Å². The van der Waals surface area contributed by atoms with Crippen LogP contribution in [0.2, 0.25) is 0 Å². The van der Waals surface area contributed by atoms with Crippen molar-refractivity contribution in [2.24, 2.45) is 0 Å². The molecular weight excluding hydrogens is 546 g/mol. The fraction of sp³-hybridized carbons (Fsp3) is 0.276. The molecule has 0 aliphatic heterocycles. The minimum atomic E-state index is -4.03. The second-order valence-corrected chi connectivity index (χ2v) is 11.8. The lowest BCUT2D eigenvalue weighted by molar-refractivity contribution is 0.0321. The highest BCUT2D eigenvalue weighted by Crippen LogP contribution is 2.31. The number of carbonyl (C=O) groups excluding carboxylic acids is 1. The van der Waals surface area contributed by atoms with E-state index in [9.17, 15) is 18.3 Å². The fourth-order valence-corrected chi connectivity index (χ4v) is 5.23. The van der Waals surface area contributed by atoms with Gasteiger partial charge in [-0.3, -0.25) is 0 Å². The summed E-state index contributed by atoms with van der Waals surface area (Å²) in [5.41, 5.74) is 0.921. The van der Waals surface area contributed by atoms with Crippen molar-refractivity contribution < 1.29 is 27.8 Å². The molecule has 4 rings (SSSR count). The molecule has 4 aromatic rings. The number of anilines is 2. The number of amides is 1. The summed E-state index contributed by atoms with van der Waals surface area (Å²) in [5, 5.41) is 13.3. The minimum absolute atomic E-state index is 0.0296. The summed E-state index contributed by atoms with van der Waals surface area (Å²) >= 11 is 0. The van der Waals surface area contributed by atoms with E-state index in [4.69, 9.17) is 9.47 Å². The van der Waals surface area contributed by atoms with E-state index in [1.807, 2.05) is 0 Å². The third-order valence-corrected chi connectivity index (χ3v) is 7.47. The minimum Gasteiger partial charge on any atom is -0.496 e. The molecule has 0 radical (unpaired) electrons. The molecule has 2 aromatic heterocycles. The van der Waals surface area contributed by atoms with Crippen LogP contribution in [0.15, 0.2) is 66.0 Å². The Bertz CT molecular complexity index is 1730. The Labute approximate surface area is 238 Å². The second-order valence-electron chi connectivity index (χ2n) is 10.0. The quantitative estimate of drug-likeness (QED) is 0.311. The number of carbonyl (C=O) groups is 1. The number of aliphatic hydroxyl groups is 1. The first-order chi connectivity index (χ1) is 19.4. The molecule has 11 nitrogen and oxygen atoms in total. The van der Waals surface area contributed by atoms with Gasteiger partial charge < -0.3 is 24.8 Å². The van der Waals surface area contributed by atoms with E-state index < -0.39 is 21.7 Å². The van der Waals surface area contributed by atoms with E-state index in [0.717, 1.165) is 3.97 Å². The first-order valence-corrected chi connectivity index (χ1v) is 14.0. The SMILES string of the molecule is COc1ccc(Nc2ncnc3c2c(C#CCN(C)C(=O)OC(C)(C)C)cn3S(=O)(=O)c2ccccc2)cc1CO. The maximum atomic E-state index is 13.6. The van der Waals surface area contributed by atoms with E-state index in [1.54, 1.807) is 64.2 Å². The van der Waals surface area contributed by atoms with Crippen molar-refractivity contribution in [1.82, 2.24) is 18.8 Å². The molecule has 0 aliphatic rings. The molecule has 12 heteroatoms. The van der Waals surface area contributed by atoms with Crippen LogP contribution in [0.1, 0.15) is 31.9 Å².